The van der Waals surface area contributed by atoms with Gasteiger partial charge in [0.05, 0.1) is 18.7 Å². The van der Waals surface area contributed by atoms with Gasteiger partial charge in [-0.1, -0.05) is 20.3 Å². The zero-order chi connectivity index (χ0) is 16.0. The number of carbonyl (C=O) groups excluding carboxylic acids is 2. The van der Waals surface area contributed by atoms with Gasteiger partial charge in [-0.3, -0.25) is 4.79 Å². The molecular weight excluding hydrogens is 338 g/mol. The Morgan fingerprint density at radius 3 is 2.52 bits per heavy atom. The predicted octanol–water partition coefficient (Wildman–Crippen LogP) is 2.78. The molecule has 1 amide bonds. The van der Waals surface area contributed by atoms with Crippen molar-refractivity contribution in [3.63, 3.8) is 0 Å². The molecule has 2 atom stereocenters. The standard InChI is InChI=1S/C15H20BrNO4/c1-5-9(2)13(15(19)21-4)17-14(18)10-6-7-11(16)12(8-10)20-3/h6-9,13H,5H2,1-4H3,(H,17,18). The molecule has 0 bridgehead atoms. The van der Waals surface area contributed by atoms with E-state index in [0.717, 1.165) is 10.9 Å². The van der Waals surface area contributed by atoms with Crippen LogP contribution in [0.5, 0.6) is 5.75 Å². The maximum atomic E-state index is 12.3. The molecule has 0 aliphatic rings. The van der Waals surface area contributed by atoms with E-state index in [0.29, 0.717) is 11.3 Å². The average molecular weight is 358 g/mol. The van der Waals surface area contributed by atoms with Gasteiger partial charge in [0, 0.05) is 5.56 Å². The van der Waals surface area contributed by atoms with E-state index in [9.17, 15) is 9.59 Å². The fourth-order valence-corrected chi connectivity index (χ4v) is 2.23. The van der Waals surface area contributed by atoms with E-state index in [1.54, 1.807) is 18.2 Å². The molecule has 0 aromatic heterocycles. The monoisotopic (exact) mass is 357 g/mol. The maximum Gasteiger partial charge on any atom is 0.328 e. The van der Waals surface area contributed by atoms with Crippen molar-refractivity contribution in [2.24, 2.45) is 5.92 Å². The van der Waals surface area contributed by atoms with Crippen molar-refractivity contribution in [3.05, 3.63) is 28.2 Å². The summed E-state index contributed by atoms with van der Waals surface area (Å²) in [5.41, 5.74) is 0.423. The fourth-order valence-electron chi connectivity index (χ4n) is 1.82. The molecule has 1 rings (SSSR count). The summed E-state index contributed by atoms with van der Waals surface area (Å²) in [5.74, 6) is -0.238. The van der Waals surface area contributed by atoms with Gasteiger partial charge in [0.1, 0.15) is 11.8 Å². The van der Waals surface area contributed by atoms with E-state index in [2.05, 4.69) is 21.2 Å². The Morgan fingerprint density at radius 2 is 2.00 bits per heavy atom. The third-order valence-electron chi connectivity index (χ3n) is 3.37. The molecule has 21 heavy (non-hydrogen) atoms. The first kappa shape index (κ1) is 17.5. The van der Waals surface area contributed by atoms with Crippen LogP contribution in [0.15, 0.2) is 22.7 Å². The van der Waals surface area contributed by atoms with Gasteiger partial charge in [0.15, 0.2) is 0 Å². The number of rotatable bonds is 6. The Morgan fingerprint density at radius 1 is 1.33 bits per heavy atom. The molecule has 1 aromatic rings. The molecule has 1 N–H and O–H groups in total. The van der Waals surface area contributed by atoms with E-state index in [1.807, 2.05) is 13.8 Å². The normalized spacial score (nSPS) is 13.2. The number of amides is 1. The van der Waals surface area contributed by atoms with Crippen molar-refractivity contribution in [3.8, 4) is 5.75 Å². The minimum absolute atomic E-state index is 0.0151. The van der Waals surface area contributed by atoms with Crippen LogP contribution in [-0.4, -0.2) is 32.1 Å². The van der Waals surface area contributed by atoms with Gasteiger partial charge in [-0.25, -0.2) is 4.79 Å². The first-order chi connectivity index (χ1) is 9.94. The lowest BCUT2D eigenvalue weighted by Gasteiger charge is -2.22. The van der Waals surface area contributed by atoms with Crippen molar-refractivity contribution in [2.45, 2.75) is 26.3 Å². The van der Waals surface area contributed by atoms with Crippen LogP contribution >= 0.6 is 15.9 Å². The number of carbonyl (C=O) groups is 2. The van der Waals surface area contributed by atoms with Gasteiger partial charge < -0.3 is 14.8 Å². The Labute approximate surface area is 133 Å². The molecule has 2 unspecified atom stereocenters. The first-order valence-electron chi connectivity index (χ1n) is 6.66. The summed E-state index contributed by atoms with van der Waals surface area (Å²) < 4.78 is 10.7. The molecule has 0 heterocycles. The van der Waals surface area contributed by atoms with Crippen LogP contribution in [0, 0.1) is 5.92 Å². The van der Waals surface area contributed by atoms with Crippen LogP contribution in [0.2, 0.25) is 0 Å². The molecule has 0 saturated heterocycles. The minimum atomic E-state index is -0.665. The van der Waals surface area contributed by atoms with Crippen LogP contribution in [0.3, 0.4) is 0 Å². The van der Waals surface area contributed by atoms with E-state index in [1.165, 1.54) is 14.2 Å². The van der Waals surface area contributed by atoms with Crippen LogP contribution < -0.4 is 10.1 Å². The number of esters is 1. The lowest BCUT2D eigenvalue weighted by atomic mass is 9.99. The molecule has 0 aliphatic carbocycles. The quantitative estimate of drug-likeness (QED) is 0.795. The smallest absolute Gasteiger partial charge is 0.328 e. The van der Waals surface area contributed by atoms with Gasteiger partial charge in [-0.2, -0.15) is 0 Å². The minimum Gasteiger partial charge on any atom is -0.496 e. The summed E-state index contributed by atoms with van der Waals surface area (Å²) in [7, 11) is 2.84. The van der Waals surface area contributed by atoms with Gasteiger partial charge >= 0.3 is 5.97 Å². The van der Waals surface area contributed by atoms with Gasteiger partial charge in [-0.05, 0) is 40.0 Å². The number of nitrogens with one attached hydrogen (secondary N) is 1. The highest BCUT2D eigenvalue weighted by Gasteiger charge is 2.27. The second-order valence-electron chi connectivity index (χ2n) is 4.71. The third-order valence-corrected chi connectivity index (χ3v) is 4.02. The second kappa shape index (κ2) is 8.02. The topological polar surface area (TPSA) is 64.6 Å². The lowest BCUT2D eigenvalue weighted by molar-refractivity contribution is -0.144. The molecule has 116 valence electrons. The number of ether oxygens (including phenoxy) is 2. The van der Waals surface area contributed by atoms with Gasteiger partial charge in [0.25, 0.3) is 5.91 Å². The number of hydrogen-bond donors (Lipinski definition) is 1. The third kappa shape index (κ3) is 4.46. The summed E-state index contributed by atoms with van der Waals surface area (Å²) in [6.07, 6.45) is 0.754. The van der Waals surface area contributed by atoms with Crippen LogP contribution in [-0.2, 0) is 9.53 Å². The van der Waals surface area contributed by atoms with E-state index >= 15 is 0 Å². The highest BCUT2D eigenvalue weighted by atomic mass is 79.9. The number of benzene rings is 1. The zero-order valence-electron chi connectivity index (χ0n) is 12.6. The van der Waals surface area contributed by atoms with Crippen molar-refractivity contribution >= 4 is 27.8 Å². The highest BCUT2D eigenvalue weighted by Crippen LogP contribution is 2.25. The van der Waals surface area contributed by atoms with Crippen molar-refractivity contribution < 1.29 is 19.1 Å². The average Bonchev–Trinajstić information content (AvgIpc) is 2.51. The molecule has 6 heteroatoms. The Bertz CT molecular complexity index is 518. The highest BCUT2D eigenvalue weighted by molar-refractivity contribution is 9.10. The van der Waals surface area contributed by atoms with E-state index < -0.39 is 12.0 Å². The van der Waals surface area contributed by atoms with E-state index in [-0.39, 0.29) is 11.8 Å². The predicted molar refractivity (Wildman–Crippen MR) is 83.4 cm³/mol. The molecule has 0 saturated carbocycles. The molecule has 1 aromatic carbocycles. The zero-order valence-corrected chi connectivity index (χ0v) is 14.2. The maximum absolute atomic E-state index is 12.3. The van der Waals surface area contributed by atoms with Crippen LogP contribution in [0.4, 0.5) is 0 Å². The number of hydrogen-bond acceptors (Lipinski definition) is 4. The Balaban J connectivity index is 2.94. The molecule has 0 aliphatic heterocycles. The Kier molecular flexibility index (Phi) is 6.68. The van der Waals surface area contributed by atoms with Crippen LogP contribution in [0.1, 0.15) is 30.6 Å². The first-order valence-corrected chi connectivity index (χ1v) is 7.46. The fraction of sp³-hybridized carbons (Fsp3) is 0.467. The van der Waals surface area contributed by atoms with Gasteiger partial charge in [0.2, 0.25) is 0 Å². The van der Waals surface area contributed by atoms with Crippen molar-refractivity contribution in [2.75, 3.05) is 14.2 Å². The summed E-state index contributed by atoms with van der Waals surface area (Å²) in [6, 6.07) is 4.34. The molecule has 5 nitrogen and oxygen atoms in total. The van der Waals surface area contributed by atoms with Gasteiger partial charge in [-0.15, -0.1) is 0 Å². The second-order valence-corrected chi connectivity index (χ2v) is 5.56. The Hall–Kier alpha value is -1.56. The molecule has 0 radical (unpaired) electrons. The molecular formula is C15H20BrNO4. The summed E-state index contributed by atoms with van der Waals surface area (Å²) in [4.78, 5) is 24.1. The largest absolute Gasteiger partial charge is 0.496 e. The summed E-state index contributed by atoms with van der Waals surface area (Å²) >= 11 is 3.33. The van der Waals surface area contributed by atoms with Crippen LogP contribution in [0.25, 0.3) is 0 Å². The lowest BCUT2D eigenvalue weighted by Crippen LogP contribution is -2.45. The van der Waals surface area contributed by atoms with Crippen molar-refractivity contribution in [1.29, 1.82) is 0 Å². The summed E-state index contributed by atoms with van der Waals surface area (Å²) in [5, 5.41) is 2.72. The van der Waals surface area contributed by atoms with E-state index in [4.69, 9.17) is 9.47 Å². The number of halogens is 1. The molecule has 0 fully saturated rings. The summed E-state index contributed by atoms with van der Waals surface area (Å²) in [6.45, 7) is 3.85. The molecule has 0 spiro atoms. The number of methoxy groups -OCH3 is 2. The SMILES string of the molecule is CCC(C)C(NC(=O)c1ccc(Br)c(OC)c1)C(=O)OC. The van der Waals surface area contributed by atoms with Crippen molar-refractivity contribution in [1.82, 2.24) is 5.32 Å².